The number of nitrogens with zero attached hydrogens (tertiary/aromatic N) is 2. The van der Waals surface area contributed by atoms with Crippen molar-refractivity contribution in [2.75, 3.05) is 18.5 Å². The second-order valence-corrected chi connectivity index (χ2v) is 11.2. The molecular weight excluding hydrogens is 420 g/mol. The third kappa shape index (κ3) is 8.97. The lowest BCUT2D eigenvalue weighted by molar-refractivity contribution is -0.120. The van der Waals surface area contributed by atoms with Gasteiger partial charge in [-0.2, -0.15) is 0 Å². The van der Waals surface area contributed by atoms with Gasteiger partial charge in [-0.05, 0) is 37.5 Å². The highest BCUT2D eigenvalue weighted by Crippen LogP contribution is 2.35. The molecule has 0 fully saturated rings. The highest BCUT2D eigenvalue weighted by Gasteiger charge is 2.25. The summed E-state index contributed by atoms with van der Waals surface area (Å²) in [6, 6.07) is 0. The maximum Gasteiger partial charge on any atom is 0.298 e. The molecule has 0 aromatic carbocycles. The highest BCUT2D eigenvalue weighted by molar-refractivity contribution is 5.67. The molecule has 1 aromatic heterocycles. The van der Waals surface area contributed by atoms with E-state index in [4.69, 9.17) is 4.74 Å². The monoisotopic (exact) mass is 468 g/mol. The standard InChI is InChI=1S/C30H48N2O2/c1-22(2)11-8-12-23(3)13-9-14-24(4)15-10-16-25(5)17-18-27-28-19-20-32(7)30(28)31-26(6)29(27)34-21-33/h21-25H,8-16,19-20H2,1-7H3/t23-,24-,25?/m1/s1. The molecule has 0 aliphatic carbocycles. The van der Waals surface area contributed by atoms with Crippen LogP contribution in [0.5, 0.6) is 5.75 Å². The predicted molar refractivity (Wildman–Crippen MR) is 143 cm³/mol. The minimum absolute atomic E-state index is 0.320. The van der Waals surface area contributed by atoms with Gasteiger partial charge in [0, 0.05) is 25.1 Å². The van der Waals surface area contributed by atoms with E-state index in [-0.39, 0.29) is 0 Å². The molecule has 4 nitrogen and oxygen atoms in total. The van der Waals surface area contributed by atoms with Crippen LogP contribution in [0.15, 0.2) is 0 Å². The van der Waals surface area contributed by atoms with E-state index < -0.39 is 0 Å². The van der Waals surface area contributed by atoms with Crippen LogP contribution in [0.1, 0.15) is 109 Å². The van der Waals surface area contributed by atoms with Gasteiger partial charge in [0.1, 0.15) is 5.82 Å². The predicted octanol–water partition coefficient (Wildman–Crippen LogP) is 7.34. The van der Waals surface area contributed by atoms with E-state index in [9.17, 15) is 4.79 Å². The largest absolute Gasteiger partial charge is 0.425 e. The number of hydrogen-bond donors (Lipinski definition) is 0. The number of pyridine rings is 1. The maximum atomic E-state index is 11.1. The van der Waals surface area contributed by atoms with Gasteiger partial charge in [-0.25, -0.2) is 4.98 Å². The molecule has 1 aliphatic heterocycles. The normalized spacial score (nSPS) is 15.5. The zero-order chi connectivity index (χ0) is 25.1. The van der Waals surface area contributed by atoms with Crippen molar-refractivity contribution >= 4 is 12.3 Å². The van der Waals surface area contributed by atoms with Crippen molar-refractivity contribution in [3.05, 3.63) is 16.8 Å². The van der Waals surface area contributed by atoms with E-state index >= 15 is 0 Å². The molecule has 3 atom stereocenters. The molecule has 1 unspecified atom stereocenters. The number of likely N-dealkylation sites (N-methyl/N-ethyl adjacent to an activating group) is 1. The molecule has 0 radical (unpaired) electrons. The summed E-state index contributed by atoms with van der Waals surface area (Å²) in [5.74, 6) is 11.1. The minimum atomic E-state index is 0.320. The Hall–Kier alpha value is -2.02. The number of aryl methyl sites for hydroxylation is 1. The minimum Gasteiger partial charge on any atom is -0.425 e. The average Bonchev–Trinajstić information content (AvgIpc) is 3.13. The molecule has 4 heteroatoms. The number of rotatable bonds is 14. The van der Waals surface area contributed by atoms with E-state index in [1.54, 1.807) is 0 Å². The van der Waals surface area contributed by atoms with E-state index in [2.05, 4.69) is 56.3 Å². The molecule has 1 aromatic rings. The molecule has 1 aliphatic rings. The second-order valence-electron chi connectivity index (χ2n) is 11.2. The van der Waals surface area contributed by atoms with Crippen molar-refractivity contribution < 1.29 is 9.53 Å². The van der Waals surface area contributed by atoms with Gasteiger partial charge in [-0.15, -0.1) is 0 Å². The fourth-order valence-corrected chi connectivity index (χ4v) is 4.99. The molecule has 0 bridgehead atoms. The Morgan fingerprint density at radius 2 is 1.56 bits per heavy atom. The molecule has 34 heavy (non-hydrogen) atoms. The summed E-state index contributed by atoms with van der Waals surface area (Å²) in [4.78, 5) is 17.9. The van der Waals surface area contributed by atoms with Gasteiger partial charge < -0.3 is 9.64 Å². The van der Waals surface area contributed by atoms with Crippen LogP contribution in [0.4, 0.5) is 5.82 Å². The lowest BCUT2D eigenvalue weighted by Gasteiger charge is -2.15. The number of anilines is 1. The molecule has 0 N–H and O–H groups in total. The van der Waals surface area contributed by atoms with Crippen molar-refractivity contribution in [2.45, 2.75) is 106 Å². The van der Waals surface area contributed by atoms with E-state index in [1.165, 1.54) is 51.4 Å². The van der Waals surface area contributed by atoms with Crippen LogP contribution in [-0.2, 0) is 11.2 Å². The van der Waals surface area contributed by atoms with Gasteiger partial charge in [0.2, 0.25) is 0 Å². The Balaban J connectivity index is 1.79. The van der Waals surface area contributed by atoms with Crippen LogP contribution >= 0.6 is 0 Å². The van der Waals surface area contributed by atoms with Gasteiger partial charge in [0.15, 0.2) is 5.75 Å². The zero-order valence-electron chi connectivity index (χ0n) is 22.9. The topological polar surface area (TPSA) is 42.4 Å². The van der Waals surface area contributed by atoms with Gasteiger partial charge >= 0.3 is 0 Å². The first-order valence-corrected chi connectivity index (χ1v) is 13.6. The number of carbonyl (C=O) groups is 1. The Kier molecular flexibility index (Phi) is 11.9. The van der Waals surface area contributed by atoms with Gasteiger partial charge in [-0.1, -0.05) is 97.8 Å². The molecule has 2 heterocycles. The Morgan fingerprint density at radius 3 is 2.15 bits per heavy atom. The summed E-state index contributed by atoms with van der Waals surface area (Å²) < 4.78 is 5.30. The van der Waals surface area contributed by atoms with Crippen LogP contribution in [-0.4, -0.2) is 25.0 Å². The van der Waals surface area contributed by atoms with E-state index in [0.717, 1.165) is 59.8 Å². The Morgan fingerprint density at radius 1 is 0.971 bits per heavy atom. The van der Waals surface area contributed by atoms with E-state index in [0.29, 0.717) is 18.1 Å². The summed E-state index contributed by atoms with van der Waals surface area (Å²) in [6.45, 7) is 15.0. The third-order valence-corrected chi connectivity index (χ3v) is 7.28. The van der Waals surface area contributed by atoms with Crippen LogP contribution in [0.3, 0.4) is 0 Å². The smallest absolute Gasteiger partial charge is 0.298 e. The SMILES string of the molecule is Cc1nc2c(c(C#CC(C)CCC[C@H](C)CCC[C@H](C)CCCC(C)C)c1OC=O)CCN2C. The molecule has 0 saturated carbocycles. The van der Waals surface area contributed by atoms with Crippen LogP contribution in [0, 0.1) is 42.4 Å². The fourth-order valence-electron chi connectivity index (χ4n) is 4.99. The fraction of sp³-hybridized carbons (Fsp3) is 0.733. The highest BCUT2D eigenvalue weighted by atomic mass is 16.5. The van der Waals surface area contributed by atoms with Crippen LogP contribution in [0.2, 0.25) is 0 Å². The zero-order valence-corrected chi connectivity index (χ0v) is 22.9. The Bertz CT molecular complexity index is 836. The summed E-state index contributed by atoms with van der Waals surface area (Å²) in [6.07, 6.45) is 12.7. The molecule has 0 spiro atoms. The first kappa shape index (κ1) is 28.2. The van der Waals surface area contributed by atoms with Crippen LogP contribution in [0.25, 0.3) is 0 Å². The van der Waals surface area contributed by atoms with Crippen molar-refractivity contribution in [2.24, 2.45) is 23.7 Å². The molecule has 0 amide bonds. The number of hydrogen-bond acceptors (Lipinski definition) is 4. The molecule has 0 saturated heterocycles. The molecule has 2 rings (SSSR count). The summed E-state index contributed by atoms with van der Waals surface area (Å²) in [7, 11) is 2.05. The number of aromatic nitrogens is 1. The summed E-state index contributed by atoms with van der Waals surface area (Å²) in [5, 5.41) is 0. The summed E-state index contributed by atoms with van der Waals surface area (Å²) in [5.41, 5.74) is 2.68. The lowest BCUT2D eigenvalue weighted by Crippen LogP contribution is -2.14. The summed E-state index contributed by atoms with van der Waals surface area (Å²) >= 11 is 0. The van der Waals surface area contributed by atoms with Crippen molar-refractivity contribution in [1.29, 1.82) is 0 Å². The lowest BCUT2D eigenvalue weighted by atomic mass is 9.91. The van der Waals surface area contributed by atoms with Crippen LogP contribution < -0.4 is 9.64 Å². The van der Waals surface area contributed by atoms with E-state index in [1.807, 2.05) is 14.0 Å². The first-order valence-electron chi connectivity index (χ1n) is 13.6. The van der Waals surface area contributed by atoms with Crippen molar-refractivity contribution in [3.8, 4) is 17.6 Å². The average molecular weight is 469 g/mol. The Labute approximate surface area is 209 Å². The number of ether oxygens (including phenoxy) is 1. The van der Waals surface area contributed by atoms with Gasteiger partial charge in [0.25, 0.3) is 6.47 Å². The quantitative estimate of drug-likeness (QED) is 0.211. The number of fused-ring (bicyclic) bond motifs is 1. The first-order chi connectivity index (χ1) is 16.2. The molecular formula is C30H48N2O2. The van der Waals surface area contributed by atoms with Crippen molar-refractivity contribution in [3.63, 3.8) is 0 Å². The number of carbonyl (C=O) groups excluding carboxylic acids is 1. The second kappa shape index (κ2) is 14.4. The van der Waals surface area contributed by atoms with Gasteiger partial charge in [0.05, 0.1) is 11.3 Å². The third-order valence-electron chi connectivity index (χ3n) is 7.28. The molecule has 190 valence electrons. The van der Waals surface area contributed by atoms with Gasteiger partial charge in [-0.3, -0.25) is 4.79 Å². The van der Waals surface area contributed by atoms with Crippen molar-refractivity contribution in [1.82, 2.24) is 4.98 Å². The maximum absolute atomic E-state index is 11.1.